The molecule has 0 aliphatic carbocycles. The molecule has 1 rings (SSSR count). The molecule has 2 N–H and O–H groups in total. The summed E-state index contributed by atoms with van der Waals surface area (Å²) in [4.78, 5) is 23.4. The lowest BCUT2D eigenvalue weighted by Gasteiger charge is -2.16. The summed E-state index contributed by atoms with van der Waals surface area (Å²) in [6.07, 6.45) is 3.96. The van der Waals surface area contributed by atoms with Gasteiger partial charge in [-0.3, -0.25) is 9.48 Å². The van der Waals surface area contributed by atoms with Gasteiger partial charge in [-0.15, -0.1) is 0 Å². The van der Waals surface area contributed by atoms with Crippen molar-refractivity contribution in [2.75, 3.05) is 0 Å². The molecule has 0 fully saturated rings. The van der Waals surface area contributed by atoms with E-state index in [9.17, 15) is 14.7 Å². The van der Waals surface area contributed by atoms with Gasteiger partial charge in [-0.05, 0) is 25.7 Å². The predicted octanol–water partition coefficient (Wildman–Crippen LogP) is 2.22. The van der Waals surface area contributed by atoms with Crippen LogP contribution in [-0.4, -0.2) is 32.8 Å². The zero-order valence-electron chi connectivity index (χ0n) is 13.2. The third-order valence-electron chi connectivity index (χ3n) is 3.38. The molecule has 0 aliphatic heterocycles. The van der Waals surface area contributed by atoms with E-state index in [1.54, 1.807) is 4.68 Å². The van der Waals surface area contributed by atoms with Crippen LogP contribution in [0.3, 0.4) is 0 Å². The summed E-state index contributed by atoms with van der Waals surface area (Å²) in [6.45, 7) is 8.54. The van der Waals surface area contributed by atoms with Crippen molar-refractivity contribution in [2.45, 2.75) is 59.5 Å². The average Bonchev–Trinajstić information content (AvgIpc) is 2.76. The van der Waals surface area contributed by atoms with Crippen LogP contribution in [0.4, 0.5) is 0 Å². The lowest BCUT2D eigenvalue weighted by molar-refractivity contribution is -0.139. The molecular weight excluding hydrogens is 270 g/mol. The summed E-state index contributed by atoms with van der Waals surface area (Å²) in [5, 5.41) is 16.0. The number of aliphatic carboxylic acids is 1. The fourth-order valence-corrected chi connectivity index (χ4v) is 2.13. The minimum absolute atomic E-state index is 0.194. The fourth-order valence-electron chi connectivity index (χ4n) is 2.13. The molecule has 1 aromatic heterocycles. The predicted molar refractivity (Wildman–Crippen MR) is 80.2 cm³/mol. The van der Waals surface area contributed by atoms with Crippen LogP contribution in [-0.2, 0) is 11.3 Å². The van der Waals surface area contributed by atoms with E-state index in [-0.39, 0.29) is 11.8 Å². The summed E-state index contributed by atoms with van der Waals surface area (Å²) in [7, 11) is 0. The number of nitrogens with zero attached hydrogens (tertiary/aromatic N) is 2. The molecule has 0 radical (unpaired) electrons. The van der Waals surface area contributed by atoms with Gasteiger partial charge in [-0.1, -0.05) is 27.2 Å². The van der Waals surface area contributed by atoms with Crippen molar-refractivity contribution in [2.24, 2.45) is 5.92 Å². The lowest BCUT2D eigenvalue weighted by atomic mass is 10.0. The van der Waals surface area contributed by atoms with Crippen LogP contribution in [0.1, 0.15) is 56.1 Å². The number of amides is 1. The second-order valence-electron chi connectivity index (χ2n) is 5.71. The van der Waals surface area contributed by atoms with Crippen molar-refractivity contribution in [1.82, 2.24) is 15.1 Å². The van der Waals surface area contributed by atoms with Gasteiger partial charge in [0.2, 0.25) is 0 Å². The highest BCUT2D eigenvalue weighted by Crippen LogP contribution is 2.11. The van der Waals surface area contributed by atoms with Crippen LogP contribution in [0.15, 0.2) is 6.20 Å². The molecule has 1 amide bonds. The van der Waals surface area contributed by atoms with Gasteiger partial charge in [0, 0.05) is 12.2 Å². The Balaban J connectivity index is 2.78. The second kappa shape index (κ2) is 7.81. The monoisotopic (exact) mass is 295 g/mol. The minimum atomic E-state index is -1.01. The van der Waals surface area contributed by atoms with E-state index < -0.39 is 12.0 Å². The fraction of sp³-hybridized carbons (Fsp3) is 0.667. The summed E-state index contributed by atoms with van der Waals surface area (Å²) < 4.78 is 1.79. The first-order chi connectivity index (χ1) is 9.86. The molecule has 21 heavy (non-hydrogen) atoms. The van der Waals surface area contributed by atoms with Gasteiger partial charge in [0.25, 0.3) is 5.91 Å². The number of hydrogen-bond acceptors (Lipinski definition) is 3. The number of carboxylic acid groups (broad SMARTS) is 1. The Bertz CT molecular complexity index is 494. The summed E-state index contributed by atoms with van der Waals surface area (Å²) >= 11 is 0. The Morgan fingerprint density at radius 2 is 2.10 bits per heavy atom. The molecule has 1 heterocycles. The number of rotatable bonds is 8. The van der Waals surface area contributed by atoms with Gasteiger partial charge in [-0.25, -0.2) is 4.79 Å². The van der Waals surface area contributed by atoms with Crippen molar-refractivity contribution in [3.8, 4) is 0 Å². The molecule has 0 saturated heterocycles. The van der Waals surface area contributed by atoms with Crippen LogP contribution < -0.4 is 5.32 Å². The number of aromatic nitrogens is 2. The molecule has 1 unspecified atom stereocenters. The average molecular weight is 295 g/mol. The van der Waals surface area contributed by atoms with Crippen molar-refractivity contribution in [1.29, 1.82) is 0 Å². The van der Waals surface area contributed by atoms with Crippen LogP contribution in [0, 0.1) is 12.8 Å². The van der Waals surface area contributed by atoms with Gasteiger partial charge in [0.1, 0.15) is 6.04 Å². The summed E-state index contributed by atoms with van der Waals surface area (Å²) in [5.41, 5.74) is 1.22. The maximum atomic E-state index is 12.2. The van der Waals surface area contributed by atoms with Gasteiger partial charge < -0.3 is 10.4 Å². The second-order valence-corrected chi connectivity index (χ2v) is 5.71. The molecule has 1 atom stereocenters. The number of carbonyl (C=O) groups is 2. The normalized spacial score (nSPS) is 12.4. The molecule has 0 saturated carbocycles. The molecule has 0 aromatic carbocycles. The number of hydrogen-bond donors (Lipinski definition) is 2. The molecule has 6 nitrogen and oxygen atoms in total. The van der Waals surface area contributed by atoms with Crippen molar-refractivity contribution in [3.63, 3.8) is 0 Å². The number of carbonyl (C=O) groups excluding carboxylic acids is 1. The molecule has 118 valence electrons. The van der Waals surface area contributed by atoms with Crippen LogP contribution in [0.2, 0.25) is 0 Å². The number of unbranched alkanes of at least 4 members (excludes halogenated alkanes) is 1. The first-order valence-electron chi connectivity index (χ1n) is 7.42. The smallest absolute Gasteiger partial charge is 0.326 e. The van der Waals surface area contributed by atoms with Crippen molar-refractivity contribution < 1.29 is 14.7 Å². The van der Waals surface area contributed by atoms with Crippen molar-refractivity contribution in [3.05, 3.63) is 17.5 Å². The van der Waals surface area contributed by atoms with Crippen LogP contribution in [0.25, 0.3) is 0 Å². The highest BCUT2D eigenvalue weighted by molar-refractivity contribution is 5.97. The Kier molecular flexibility index (Phi) is 6.39. The molecule has 6 heteroatoms. The van der Waals surface area contributed by atoms with Gasteiger partial charge >= 0.3 is 5.97 Å². The lowest BCUT2D eigenvalue weighted by Crippen LogP contribution is -2.41. The van der Waals surface area contributed by atoms with Crippen molar-refractivity contribution >= 4 is 11.9 Å². The zero-order chi connectivity index (χ0) is 16.0. The molecule has 0 bridgehead atoms. The number of aryl methyl sites for hydroxylation is 1. The van der Waals surface area contributed by atoms with Gasteiger partial charge in [-0.2, -0.15) is 5.10 Å². The standard InChI is InChI=1S/C15H25N3O3/c1-5-6-7-18-11(4)12(9-16-18)14(19)17-13(15(20)21)8-10(2)3/h9-10,13H,5-8H2,1-4H3,(H,17,19)(H,20,21). The Hall–Kier alpha value is -1.85. The van der Waals surface area contributed by atoms with E-state index >= 15 is 0 Å². The maximum absolute atomic E-state index is 12.2. The molecule has 0 spiro atoms. The molecule has 0 aliphatic rings. The SMILES string of the molecule is CCCCn1ncc(C(=O)NC(CC(C)C)C(=O)O)c1C. The van der Waals surface area contributed by atoms with E-state index in [0.717, 1.165) is 25.1 Å². The Morgan fingerprint density at radius 3 is 2.62 bits per heavy atom. The van der Waals surface area contributed by atoms with E-state index in [0.29, 0.717) is 12.0 Å². The Labute approximate surface area is 125 Å². The minimum Gasteiger partial charge on any atom is -0.480 e. The quantitative estimate of drug-likeness (QED) is 0.770. The zero-order valence-corrected chi connectivity index (χ0v) is 13.2. The van der Waals surface area contributed by atoms with E-state index in [4.69, 9.17) is 0 Å². The Morgan fingerprint density at radius 1 is 1.43 bits per heavy atom. The highest BCUT2D eigenvalue weighted by atomic mass is 16.4. The largest absolute Gasteiger partial charge is 0.480 e. The molecule has 1 aromatic rings. The van der Waals surface area contributed by atoms with E-state index in [1.807, 2.05) is 20.8 Å². The summed E-state index contributed by atoms with van der Waals surface area (Å²) in [6, 6.07) is -0.865. The first kappa shape index (κ1) is 17.2. The van der Waals surface area contributed by atoms with E-state index in [2.05, 4.69) is 17.3 Å². The first-order valence-corrected chi connectivity index (χ1v) is 7.42. The van der Waals surface area contributed by atoms with Gasteiger partial charge in [0.05, 0.1) is 11.8 Å². The molecular formula is C15H25N3O3. The highest BCUT2D eigenvalue weighted by Gasteiger charge is 2.23. The van der Waals surface area contributed by atoms with E-state index in [1.165, 1.54) is 6.20 Å². The van der Waals surface area contributed by atoms with Crippen LogP contribution in [0.5, 0.6) is 0 Å². The third kappa shape index (κ3) is 4.88. The number of carboxylic acids is 1. The maximum Gasteiger partial charge on any atom is 0.326 e. The third-order valence-corrected chi connectivity index (χ3v) is 3.38. The van der Waals surface area contributed by atoms with Gasteiger partial charge in [0.15, 0.2) is 0 Å². The van der Waals surface area contributed by atoms with Crippen LogP contribution >= 0.6 is 0 Å². The topological polar surface area (TPSA) is 84.2 Å². The number of nitrogens with one attached hydrogen (secondary N) is 1. The summed E-state index contributed by atoms with van der Waals surface area (Å²) in [5.74, 6) is -1.18.